The van der Waals surface area contributed by atoms with Crippen molar-refractivity contribution in [2.24, 2.45) is 0 Å². The van der Waals surface area contributed by atoms with Crippen LogP contribution in [0.5, 0.6) is 0 Å². The van der Waals surface area contributed by atoms with E-state index in [1.54, 1.807) is 7.11 Å². The predicted octanol–water partition coefficient (Wildman–Crippen LogP) is 2.55. The number of aliphatic hydroxyl groups is 1. The Kier molecular flexibility index (Phi) is 6.68. The second-order valence-electron chi connectivity index (χ2n) is 6.53. The number of nitrogens with zero attached hydrogens (tertiary/aromatic N) is 1. The first-order chi connectivity index (χ1) is 10.7. The number of nitrogens with one attached hydrogen (secondary N) is 1. The third kappa shape index (κ3) is 4.97. The minimum atomic E-state index is -0.185. The molecule has 1 fully saturated rings. The summed E-state index contributed by atoms with van der Waals surface area (Å²) in [4.78, 5) is 2.47. The number of ether oxygens (including phenoxy) is 1. The second kappa shape index (κ2) is 8.51. The summed E-state index contributed by atoms with van der Waals surface area (Å²) in [7, 11) is 1.70. The molecule has 1 aliphatic heterocycles. The Morgan fingerprint density at radius 1 is 1.18 bits per heavy atom. The van der Waals surface area contributed by atoms with Crippen molar-refractivity contribution in [2.75, 3.05) is 38.3 Å². The number of aliphatic hydroxyl groups excluding tert-OH is 1. The molecular formula is C18H30N2O2. The van der Waals surface area contributed by atoms with Crippen molar-refractivity contribution in [3.05, 3.63) is 29.8 Å². The van der Waals surface area contributed by atoms with Gasteiger partial charge in [0.15, 0.2) is 0 Å². The Balaban J connectivity index is 1.90. The van der Waals surface area contributed by atoms with E-state index in [0.717, 1.165) is 6.54 Å². The molecule has 4 nitrogen and oxygen atoms in total. The van der Waals surface area contributed by atoms with E-state index in [-0.39, 0.29) is 12.1 Å². The lowest BCUT2D eigenvalue weighted by molar-refractivity contribution is 0.0970. The zero-order valence-corrected chi connectivity index (χ0v) is 14.0. The average molecular weight is 306 g/mol. The van der Waals surface area contributed by atoms with Crippen molar-refractivity contribution >= 4 is 5.69 Å². The van der Waals surface area contributed by atoms with Gasteiger partial charge in [0.1, 0.15) is 0 Å². The number of benzene rings is 1. The number of hydrogen-bond acceptors (Lipinski definition) is 4. The van der Waals surface area contributed by atoms with E-state index < -0.39 is 0 Å². The molecular weight excluding hydrogens is 276 g/mol. The molecule has 0 amide bonds. The maximum atomic E-state index is 9.21. The molecule has 1 unspecified atom stereocenters. The zero-order valence-electron chi connectivity index (χ0n) is 14.0. The van der Waals surface area contributed by atoms with Crippen LogP contribution >= 0.6 is 0 Å². The van der Waals surface area contributed by atoms with Gasteiger partial charge in [0.05, 0.1) is 6.61 Å². The molecule has 1 saturated heterocycles. The lowest BCUT2D eigenvalue weighted by Crippen LogP contribution is -2.46. The highest BCUT2D eigenvalue weighted by Gasteiger charge is 2.22. The Morgan fingerprint density at radius 3 is 2.45 bits per heavy atom. The van der Waals surface area contributed by atoms with E-state index in [1.165, 1.54) is 43.6 Å². The summed E-state index contributed by atoms with van der Waals surface area (Å²) < 4.78 is 5.27. The minimum Gasteiger partial charge on any atom is -0.396 e. The average Bonchev–Trinajstić information content (AvgIpc) is 2.55. The molecule has 0 radical (unpaired) electrons. The summed E-state index contributed by atoms with van der Waals surface area (Å²) in [6.45, 7) is 6.01. The minimum absolute atomic E-state index is 0.167. The molecule has 1 aliphatic rings. The van der Waals surface area contributed by atoms with Crippen LogP contribution in [-0.2, 0) is 11.3 Å². The molecule has 124 valence electrons. The van der Waals surface area contributed by atoms with Crippen LogP contribution in [0, 0.1) is 0 Å². The summed E-state index contributed by atoms with van der Waals surface area (Å²) in [6, 6.07) is 8.84. The molecule has 1 aromatic carbocycles. The molecule has 2 rings (SSSR count). The normalized spacial score (nSPS) is 18.2. The van der Waals surface area contributed by atoms with Gasteiger partial charge in [-0.3, -0.25) is 0 Å². The van der Waals surface area contributed by atoms with E-state index in [9.17, 15) is 5.11 Å². The summed E-state index contributed by atoms with van der Waals surface area (Å²) >= 11 is 0. The number of hydrogen-bond donors (Lipinski definition) is 2. The van der Waals surface area contributed by atoms with Crippen molar-refractivity contribution in [3.63, 3.8) is 0 Å². The second-order valence-corrected chi connectivity index (χ2v) is 6.53. The Hall–Kier alpha value is -1.10. The molecule has 1 heterocycles. The lowest BCUT2D eigenvalue weighted by Gasteiger charge is -2.30. The first-order valence-electron chi connectivity index (χ1n) is 8.35. The van der Waals surface area contributed by atoms with E-state index in [4.69, 9.17) is 4.74 Å². The van der Waals surface area contributed by atoms with Crippen LogP contribution < -0.4 is 10.2 Å². The molecule has 0 spiro atoms. The van der Waals surface area contributed by atoms with E-state index in [2.05, 4.69) is 41.4 Å². The van der Waals surface area contributed by atoms with Crippen molar-refractivity contribution < 1.29 is 9.84 Å². The molecule has 0 aromatic heterocycles. The molecule has 1 atom stereocenters. The van der Waals surface area contributed by atoms with E-state index in [1.807, 2.05) is 0 Å². The van der Waals surface area contributed by atoms with E-state index >= 15 is 0 Å². The molecule has 22 heavy (non-hydrogen) atoms. The highest BCUT2D eigenvalue weighted by Crippen LogP contribution is 2.20. The van der Waals surface area contributed by atoms with Crippen LogP contribution in [0.2, 0.25) is 0 Å². The van der Waals surface area contributed by atoms with Gasteiger partial charge < -0.3 is 20.1 Å². The number of anilines is 1. The van der Waals surface area contributed by atoms with Gasteiger partial charge in [-0.1, -0.05) is 12.1 Å². The molecule has 1 aromatic rings. The van der Waals surface area contributed by atoms with Gasteiger partial charge in [0, 0.05) is 44.6 Å². The maximum Gasteiger partial charge on any atom is 0.0642 e. The van der Waals surface area contributed by atoms with Crippen LogP contribution in [0.4, 0.5) is 5.69 Å². The first kappa shape index (κ1) is 17.3. The fraction of sp³-hybridized carbons (Fsp3) is 0.667. The third-order valence-corrected chi connectivity index (χ3v) is 4.50. The highest BCUT2D eigenvalue weighted by molar-refractivity contribution is 5.47. The van der Waals surface area contributed by atoms with Crippen molar-refractivity contribution in [1.29, 1.82) is 0 Å². The SMILES string of the molecule is COCC(C)(CCO)NCc1ccc(N2CCCCC2)cc1. The molecule has 2 N–H and O–H groups in total. The predicted molar refractivity (Wildman–Crippen MR) is 91.3 cm³/mol. The van der Waals surface area contributed by atoms with Crippen LogP contribution in [0.3, 0.4) is 0 Å². The monoisotopic (exact) mass is 306 g/mol. The zero-order chi connectivity index (χ0) is 15.8. The van der Waals surface area contributed by atoms with Gasteiger partial charge in [0.25, 0.3) is 0 Å². The van der Waals surface area contributed by atoms with Crippen LogP contribution in [0.15, 0.2) is 24.3 Å². The van der Waals surface area contributed by atoms with Crippen LogP contribution in [-0.4, -0.2) is 44.1 Å². The first-order valence-corrected chi connectivity index (χ1v) is 8.35. The van der Waals surface area contributed by atoms with Gasteiger partial charge in [-0.25, -0.2) is 0 Å². The summed E-state index contributed by atoms with van der Waals surface area (Å²) in [6.07, 6.45) is 4.66. The molecule has 0 saturated carbocycles. The molecule has 0 aliphatic carbocycles. The molecule has 4 heteroatoms. The smallest absolute Gasteiger partial charge is 0.0642 e. The number of piperidine rings is 1. The van der Waals surface area contributed by atoms with Gasteiger partial charge in [0.2, 0.25) is 0 Å². The fourth-order valence-corrected chi connectivity index (χ4v) is 3.07. The maximum absolute atomic E-state index is 9.21. The summed E-state index contributed by atoms with van der Waals surface area (Å²) in [5.41, 5.74) is 2.41. The Labute approximate surface area is 134 Å². The standard InChI is InChI=1S/C18H30N2O2/c1-18(10-13-21,15-22-2)19-14-16-6-8-17(9-7-16)20-11-4-3-5-12-20/h6-9,19,21H,3-5,10-15H2,1-2H3. The largest absolute Gasteiger partial charge is 0.396 e. The van der Waals surface area contributed by atoms with Crippen LogP contribution in [0.25, 0.3) is 0 Å². The third-order valence-electron chi connectivity index (χ3n) is 4.50. The Morgan fingerprint density at radius 2 is 1.86 bits per heavy atom. The topological polar surface area (TPSA) is 44.7 Å². The van der Waals surface area contributed by atoms with Crippen LogP contribution in [0.1, 0.15) is 38.2 Å². The van der Waals surface area contributed by atoms with Crippen molar-refractivity contribution in [3.8, 4) is 0 Å². The summed E-state index contributed by atoms with van der Waals surface area (Å²) in [5.74, 6) is 0. The van der Waals surface area contributed by atoms with Gasteiger partial charge in [-0.2, -0.15) is 0 Å². The lowest BCUT2D eigenvalue weighted by atomic mass is 9.99. The van der Waals surface area contributed by atoms with Crippen molar-refractivity contribution in [2.45, 2.75) is 44.7 Å². The quantitative estimate of drug-likeness (QED) is 0.775. The molecule has 0 bridgehead atoms. The number of rotatable bonds is 8. The highest BCUT2D eigenvalue weighted by atomic mass is 16.5. The number of methoxy groups -OCH3 is 1. The van der Waals surface area contributed by atoms with Gasteiger partial charge in [-0.05, 0) is 50.3 Å². The van der Waals surface area contributed by atoms with Gasteiger partial charge >= 0.3 is 0 Å². The van der Waals surface area contributed by atoms with Gasteiger partial charge in [-0.15, -0.1) is 0 Å². The van der Waals surface area contributed by atoms with Crippen molar-refractivity contribution in [1.82, 2.24) is 5.32 Å². The fourth-order valence-electron chi connectivity index (χ4n) is 3.07. The van der Waals surface area contributed by atoms with E-state index in [0.29, 0.717) is 13.0 Å². The summed E-state index contributed by atoms with van der Waals surface area (Å²) in [5, 5.41) is 12.7. The Bertz CT molecular complexity index is 421.